The first-order valence-corrected chi connectivity index (χ1v) is 6.90. The molecule has 0 spiro atoms. The van der Waals surface area contributed by atoms with Crippen LogP contribution in [-0.4, -0.2) is 13.7 Å². The molecule has 106 valence electrons. The van der Waals surface area contributed by atoms with E-state index in [1.165, 1.54) is 11.1 Å². The van der Waals surface area contributed by atoms with Crippen molar-refractivity contribution < 1.29 is 4.74 Å². The van der Waals surface area contributed by atoms with Gasteiger partial charge < -0.3 is 15.4 Å². The molecule has 3 nitrogen and oxygen atoms in total. The molecule has 0 amide bonds. The van der Waals surface area contributed by atoms with Crippen molar-refractivity contribution in [2.75, 3.05) is 24.3 Å². The Morgan fingerprint density at radius 2 is 1.85 bits per heavy atom. The summed E-state index contributed by atoms with van der Waals surface area (Å²) in [5, 5.41) is 0. The molecule has 2 aromatic rings. The zero-order valence-corrected chi connectivity index (χ0v) is 12.4. The lowest BCUT2D eigenvalue weighted by Crippen LogP contribution is -2.18. The predicted molar refractivity (Wildman–Crippen MR) is 85.3 cm³/mol. The van der Waals surface area contributed by atoms with Gasteiger partial charge in [-0.25, -0.2) is 0 Å². The fourth-order valence-electron chi connectivity index (χ4n) is 2.27. The van der Waals surface area contributed by atoms with Crippen LogP contribution in [0.5, 0.6) is 5.75 Å². The van der Waals surface area contributed by atoms with Crippen molar-refractivity contribution in [1.82, 2.24) is 0 Å². The number of benzene rings is 2. The number of anilines is 2. The fourth-order valence-corrected chi connectivity index (χ4v) is 2.27. The molecule has 0 aromatic heterocycles. The Labute approximate surface area is 121 Å². The van der Waals surface area contributed by atoms with Crippen molar-refractivity contribution in [3.63, 3.8) is 0 Å². The van der Waals surface area contributed by atoms with Crippen LogP contribution in [0.4, 0.5) is 11.4 Å². The molecule has 0 aliphatic rings. The first-order chi connectivity index (χ1) is 9.63. The lowest BCUT2D eigenvalue weighted by molar-refractivity contribution is 0.342. The average Bonchev–Trinajstić information content (AvgIpc) is 2.44. The maximum atomic E-state index is 6.20. The highest BCUT2D eigenvalue weighted by atomic mass is 16.5. The number of nitrogens with two attached hydrogens (primary N) is 1. The van der Waals surface area contributed by atoms with Gasteiger partial charge in [-0.3, -0.25) is 0 Å². The Balaban J connectivity index is 2.23. The molecule has 0 aliphatic heterocycles. The van der Waals surface area contributed by atoms with Gasteiger partial charge in [0.05, 0.1) is 18.0 Å². The monoisotopic (exact) mass is 270 g/mol. The number of nitrogen functional groups attached to an aromatic ring is 1. The zero-order valence-electron chi connectivity index (χ0n) is 12.4. The lowest BCUT2D eigenvalue weighted by Gasteiger charge is -2.23. The van der Waals surface area contributed by atoms with Gasteiger partial charge in [-0.1, -0.05) is 30.3 Å². The molecular formula is C17H22N2O. The third-order valence-corrected chi connectivity index (χ3v) is 3.42. The molecule has 0 atom stereocenters. The van der Waals surface area contributed by atoms with E-state index in [9.17, 15) is 0 Å². The molecule has 0 radical (unpaired) electrons. The summed E-state index contributed by atoms with van der Waals surface area (Å²) in [4.78, 5) is 2.15. The summed E-state index contributed by atoms with van der Waals surface area (Å²) < 4.78 is 5.55. The Hall–Kier alpha value is -2.16. The normalized spacial score (nSPS) is 10.3. The topological polar surface area (TPSA) is 38.5 Å². The van der Waals surface area contributed by atoms with Gasteiger partial charge in [0.2, 0.25) is 0 Å². The van der Waals surface area contributed by atoms with Gasteiger partial charge in [-0.05, 0) is 37.1 Å². The van der Waals surface area contributed by atoms with Crippen LogP contribution in [0.3, 0.4) is 0 Å². The minimum absolute atomic E-state index is 0.620. The molecule has 0 heterocycles. The van der Waals surface area contributed by atoms with Crippen molar-refractivity contribution in [2.45, 2.75) is 20.4 Å². The van der Waals surface area contributed by atoms with Crippen LogP contribution in [0, 0.1) is 6.92 Å². The van der Waals surface area contributed by atoms with Crippen LogP contribution >= 0.6 is 0 Å². The molecule has 0 fully saturated rings. The summed E-state index contributed by atoms with van der Waals surface area (Å²) in [6.07, 6.45) is 0. The summed E-state index contributed by atoms with van der Waals surface area (Å²) in [5.74, 6) is 0.752. The number of hydrogen-bond acceptors (Lipinski definition) is 3. The quantitative estimate of drug-likeness (QED) is 0.843. The van der Waals surface area contributed by atoms with Gasteiger partial charge in [0.25, 0.3) is 0 Å². The summed E-state index contributed by atoms with van der Waals surface area (Å²) in [6, 6.07) is 14.3. The minimum atomic E-state index is 0.620. The van der Waals surface area contributed by atoms with E-state index in [0.29, 0.717) is 12.3 Å². The van der Waals surface area contributed by atoms with Gasteiger partial charge in [0.15, 0.2) is 0 Å². The van der Waals surface area contributed by atoms with Crippen LogP contribution in [-0.2, 0) is 6.54 Å². The number of hydrogen-bond donors (Lipinski definition) is 1. The number of para-hydroxylation sites is 1. The third-order valence-electron chi connectivity index (χ3n) is 3.42. The average molecular weight is 270 g/mol. The summed E-state index contributed by atoms with van der Waals surface area (Å²) in [5.41, 5.74) is 10.5. The first-order valence-electron chi connectivity index (χ1n) is 6.90. The number of nitrogens with zero attached hydrogens (tertiary/aromatic N) is 1. The van der Waals surface area contributed by atoms with Gasteiger partial charge >= 0.3 is 0 Å². The van der Waals surface area contributed by atoms with E-state index in [2.05, 4.69) is 36.1 Å². The first kappa shape index (κ1) is 14.3. The number of rotatable bonds is 5. The van der Waals surface area contributed by atoms with Crippen LogP contribution in [0.25, 0.3) is 0 Å². The zero-order chi connectivity index (χ0) is 14.5. The molecule has 3 heteroatoms. The van der Waals surface area contributed by atoms with E-state index in [-0.39, 0.29) is 0 Å². The molecule has 0 saturated carbocycles. The van der Waals surface area contributed by atoms with Crippen molar-refractivity contribution >= 4 is 11.4 Å². The molecular weight excluding hydrogens is 248 g/mol. The minimum Gasteiger partial charge on any atom is -0.492 e. The fraction of sp³-hybridized carbons (Fsp3) is 0.294. The second-order valence-electron chi connectivity index (χ2n) is 4.90. The van der Waals surface area contributed by atoms with E-state index in [1.807, 2.05) is 32.2 Å². The molecule has 0 saturated heterocycles. The molecule has 0 bridgehead atoms. The van der Waals surface area contributed by atoms with Gasteiger partial charge in [-0.2, -0.15) is 0 Å². The Bertz CT molecular complexity index is 581. The van der Waals surface area contributed by atoms with Gasteiger partial charge in [-0.15, -0.1) is 0 Å². The highest BCUT2D eigenvalue weighted by molar-refractivity contribution is 5.73. The molecule has 2 rings (SSSR count). The van der Waals surface area contributed by atoms with Crippen LogP contribution in [0.1, 0.15) is 18.1 Å². The van der Waals surface area contributed by atoms with Crippen molar-refractivity contribution in [1.29, 1.82) is 0 Å². The smallest absolute Gasteiger partial charge is 0.144 e. The van der Waals surface area contributed by atoms with Crippen LogP contribution < -0.4 is 15.4 Å². The van der Waals surface area contributed by atoms with Crippen molar-refractivity contribution in [3.05, 3.63) is 53.6 Å². The Kier molecular flexibility index (Phi) is 4.51. The second kappa shape index (κ2) is 6.33. The van der Waals surface area contributed by atoms with E-state index >= 15 is 0 Å². The largest absolute Gasteiger partial charge is 0.492 e. The molecule has 0 aliphatic carbocycles. The van der Waals surface area contributed by atoms with Crippen molar-refractivity contribution in [3.8, 4) is 5.75 Å². The molecule has 2 aromatic carbocycles. The Morgan fingerprint density at radius 1 is 1.10 bits per heavy atom. The number of ether oxygens (including phenoxy) is 1. The van der Waals surface area contributed by atoms with E-state index < -0.39 is 0 Å². The van der Waals surface area contributed by atoms with E-state index in [0.717, 1.165) is 18.0 Å². The maximum absolute atomic E-state index is 6.20. The molecule has 0 unspecified atom stereocenters. The van der Waals surface area contributed by atoms with Crippen molar-refractivity contribution in [2.24, 2.45) is 0 Å². The number of aryl methyl sites for hydroxylation is 1. The van der Waals surface area contributed by atoms with Crippen LogP contribution in [0.15, 0.2) is 42.5 Å². The van der Waals surface area contributed by atoms with Crippen LogP contribution in [0.2, 0.25) is 0 Å². The summed E-state index contributed by atoms with van der Waals surface area (Å²) >= 11 is 0. The molecule has 2 N–H and O–H groups in total. The third kappa shape index (κ3) is 3.05. The summed E-state index contributed by atoms with van der Waals surface area (Å²) in [6.45, 7) is 5.54. The van der Waals surface area contributed by atoms with Gasteiger partial charge in [0, 0.05) is 13.6 Å². The predicted octanol–water partition coefficient (Wildman–Crippen LogP) is 3.61. The standard InChI is InChI=1S/C17H22N2O/c1-4-20-16-11-7-10-15(17(16)18)19(3)12-14-9-6-5-8-13(14)2/h5-11H,4,12,18H2,1-3H3. The van der Waals surface area contributed by atoms with Gasteiger partial charge in [0.1, 0.15) is 5.75 Å². The summed E-state index contributed by atoms with van der Waals surface area (Å²) in [7, 11) is 2.05. The van der Waals surface area contributed by atoms with E-state index in [4.69, 9.17) is 10.5 Å². The van der Waals surface area contributed by atoms with E-state index in [1.54, 1.807) is 0 Å². The molecule has 20 heavy (non-hydrogen) atoms. The SMILES string of the molecule is CCOc1cccc(N(C)Cc2ccccc2C)c1N. The lowest BCUT2D eigenvalue weighted by atomic mass is 10.1. The maximum Gasteiger partial charge on any atom is 0.144 e. The highest BCUT2D eigenvalue weighted by Crippen LogP contribution is 2.32. The second-order valence-corrected chi connectivity index (χ2v) is 4.90. The highest BCUT2D eigenvalue weighted by Gasteiger charge is 2.10. The Morgan fingerprint density at radius 3 is 2.55 bits per heavy atom.